The molecule has 2 aliphatic heterocycles. The molecule has 10 heteroatoms. The van der Waals surface area contributed by atoms with E-state index in [4.69, 9.17) is 0 Å². The molecule has 1 aromatic rings. The Kier molecular flexibility index (Phi) is 7.51. The van der Waals surface area contributed by atoms with Crippen LogP contribution in [0.15, 0.2) is 5.38 Å². The lowest BCUT2D eigenvalue weighted by Crippen LogP contribution is -2.53. The standard InChI is InChI=1S/C22H34N4O4S2/c1-16-14-31-22(23-16)24-21(28)17-7-10-25(11-8-17)13-20(27)26(18-5-3-2-4-6-18)19-9-12-32(29,30)15-19/h14,17-19H,2-13,15H2,1H3,(H,23,24,28). The van der Waals surface area contributed by atoms with Gasteiger partial charge in [-0.15, -0.1) is 11.3 Å². The van der Waals surface area contributed by atoms with Crippen LogP contribution in [0.2, 0.25) is 0 Å². The summed E-state index contributed by atoms with van der Waals surface area (Å²) in [5.74, 6) is 0.284. The van der Waals surface area contributed by atoms with Crippen LogP contribution < -0.4 is 5.32 Å². The molecular formula is C22H34N4O4S2. The number of nitrogens with zero attached hydrogens (tertiary/aromatic N) is 3. The molecule has 0 spiro atoms. The third kappa shape index (κ3) is 5.88. The lowest BCUT2D eigenvalue weighted by Gasteiger charge is -2.40. The van der Waals surface area contributed by atoms with Crippen LogP contribution in [0, 0.1) is 12.8 Å². The zero-order valence-corrected chi connectivity index (χ0v) is 20.4. The predicted molar refractivity (Wildman–Crippen MR) is 125 cm³/mol. The summed E-state index contributed by atoms with van der Waals surface area (Å²) in [6.45, 7) is 3.61. The topological polar surface area (TPSA) is 99.7 Å². The Labute approximate surface area is 194 Å². The van der Waals surface area contributed by atoms with E-state index in [1.807, 2.05) is 17.2 Å². The van der Waals surface area contributed by atoms with E-state index in [1.165, 1.54) is 17.8 Å². The smallest absolute Gasteiger partial charge is 0.237 e. The molecular weight excluding hydrogens is 448 g/mol. The van der Waals surface area contributed by atoms with Crippen molar-refractivity contribution in [1.82, 2.24) is 14.8 Å². The van der Waals surface area contributed by atoms with Gasteiger partial charge in [-0.25, -0.2) is 13.4 Å². The number of hydrogen-bond acceptors (Lipinski definition) is 7. The molecule has 3 heterocycles. The molecule has 1 atom stereocenters. The normalized spacial score (nSPS) is 25.0. The van der Waals surface area contributed by atoms with Gasteiger partial charge in [0.15, 0.2) is 15.0 Å². The molecule has 3 fully saturated rings. The summed E-state index contributed by atoms with van der Waals surface area (Å²) in [5, 5.41) is 5.46. The summed E-state index contributed by atoms with van der Waals surface area (Å²) in [6, 6.07) is -0.0136. The predicted octanol–water partition coefficient (Wildman–Crippen LogP) is 2.45. The van der Waals surface area contributed by atoms with Gasteiger partial charge in [-0.05, 0) is 52.1 Å². The van der Waals surface area contributed by atoms with Gasteiger partial charge in [-0.3, -0.25) is 14.5 Å². The molecule has 2 saturated heterocycles. The van der Waals surface area contributed by atoms with Crippen molar-refractivity contribution in [2.45, 2.75) is 70.4 Å². The molecule has 3 aliphatic rings. The lowest BCUT2D eigenvalue weighted by atomic mass is 9.92. The van der Waals surface area contributed by atoms with Gasteiger partial charge in [-0.1, -0.05) is 19.3 Å². The number of amides is 2. The quantitative estimate of drug-likeness (QED) is 0.669. The summed E-state index contributed by atoms with van der Waals surface area (Å²) in [5.41, 5.74) is 0.899. The van der Waals surface area contributed by atoms with E-state index in [0.29, 0.717) is 44.0 Å². The highest BCUT2D eigenvalue weighted by Crippen LogP contribution is 2.29. The van der Waals surface area contributed by atoms with Crippen LogP contribution in [0.3, 0.4) is 0 Å². The number of piperidine rings is 1. The van der Waals surface area contributed by atoms with Gasteiger partial charge in [0.2, 0.25) is 11.8 Å². The molecule has 0 aromatic carbocycles. The minimum Gasteiger partial charge on any atom is -0.335 e. The fourth-order valence-corrected chi connectivity index (χ4v) is 7.71. The average Bonchev–Trinajstić information content (AvgIpc) is 3.33. The van der Waals surface area contributed by atoms with E-state index in [2.05, 4.69) is 15.2 Å². The fourth-order valence-electron chi connectivity index (χ4n) is 5.30. The summed E-state index contributed by atoms with van der Waals surface area (Å²) in [6.07, 6.45) is 7.33. The number of rotatable bonds is 6. The van der Waals surface area contributed by atoms with Gasteiger partial charge in [0.1, 0.15) is 0 Å². The zero-order chi connectivity index (χ0) is 22.7. The molecule has 0 radical (unpaired) electrons. The van der Waals surface area contributed by atoms with E-state index in [-0.39, 0.29) is 41.3 Å². The SMILES string of the molecule is Cc1csc(NC(=O)C2CCN(CC(=O)N(C3CCCCC3)C3CCS(=O)(=O)C3)CC2)n1. The van der Waals surface area contributed by atoms with E-state index in [0.717, 1.165) is 31.4 Å². The van der Waals surface area contributed by atoms with E-state index >= 15 is 0 Å². The molecule has 4 rings (SSSR count). The first kappa shape index (κ1) is 23.6. The van der Waals surface area contributed by atoms with Crippen molar-refractivity contribution in [2.24, 2.45) is 5.92 Å². The lowest BCUT2D eigenvalue weighted by molar-refractivity contribution is -0.138. The Bertz CT molecular complexity index is 918. The summed E-state index contributed by atoms with van der Waals surface area (Å²) < 4.78 is 24.2. The maximum Gasteiger partial charge on any atom is 0.237 e. The van der Waals surface area contributed by atoms with Crippen LogP contribution in [-0.4, -0.2) is 78.2 Å². The Morgan fingerprint density at radius 2 is 1.84 bits per heavy atom. The van der Waals surface area contributed by atoms with Crippen molar-refractivity contribution in [3.63, 3.8) is 0 Å². The van der Waals surface area contributed by atoms with Gasteiger partial charge in [0.05, 0.1) is 23.7 Å². The van der Waals surface area contributed by atoms with Crippen molar-refractivity contribution in [3.05, 3.63) is 11.1 Å². The minimum atomic E-state index is -3.04. The number of likely N-dealkylation sites (tertiary alicyclic amines) is 1. The molecule has 8 nitrogen and oxygen atoms in total. The molecule has 1 N–H and O–H groups in total. The van der Waals surface area contributed by atoms with Gasteiger partial charge in [0, 0.05) is 23.4 Å². The number of hydrogen-bond donors (Lipinski definition) is 1. The molecule has 1 aromatic heterocycles. The zero-order valence-electron chi connectivity index (χ0n) is 18.8. The summed E-state index contributed by atoms with van der Waals surface area (Å²) >= 11 is 1.43. The Balaban J connectivity index is 1.32. The maximum atomic E-state index is 13.4. The van der Waals surface area contributed by atoms with Crippen molar-refractivity contribution in [1.29, 1.82) is 0 Å². The first-order valence-corrected chi connectivity index (χ1v) is 14.5. The molecule has 1 saturated carbocycles. The first-order valence-electron chi connectivity index (χ1n) is 11.8. The van der Waals surface area contributed by atoms with E-state index in [9.17, 15) is 18.0 Å². The summed E-state index contributed by atoms with van der Waals surface area (Å²) in [7, 11) is -3.04. The van der Waals surface area contributed by atoms with Gasteiger partial charge >= 0.3 is 0 Å². The highest BCUT2D eigenvalue weighted by atomic mass is 32.2. The van der Waals surface area contributed by atoms with Crippen LogP contribution in [0.5, 0.6) is 0 Å². The van der Waals surface area contributed by atoms with Crippen molar-refractivity contribution >= 4 is 38.1 Å². The van der Waals surface area contributed by atoms with Crippen molar-refractivity contribution < 1.29 is 18.0 Å². The number of nitrogens with one attached hydrogen (secondary N) is 1. The highest BCUT2D eigenvalue weighted by molar-refractivity contribution is 7.91. The number of carbonyl (C=O) groups is 2. The van der Waals surface area contributed by atoms with Gasteiger partial charge in [-0.2, -0.15) is 0 Å². The van der Waals surface area contributed by atoms with Crippen molar-refractivity contribution in [3.8, 4) is 0 Å². The second kappa shape index (κ2) is 10.2. The number of aryl methyl sites for hydroxylation is 1. The Morgan fingerprint density at radius 1 is 1.12 bits per heavy atom. The number of aromatic nitrogens is 1. The second-order valence-electron chi connectivity index (χ2n) is 9.48. The Hall–Kier alpha value is -1.52. The monoisotopic (exact) mass is 482 g/mol. The third-order valence-corrected chi connectivity index (χ3v) is 9.65. The second-order valence-corrected chi connectivity index (χ2v) is 12.6. The van der Waals surface area contributed by atoms with Crippen LogP contribution in [0.1, 0.15) is 57.1 Å². The van der Waals surface area contributed by atoms with E-state index < -0.39 is 9.84 Å². The molecule has 178 valence electrons. The minimum absolute atomic E-state index is 0.00493. The number of thiazole rings is 1. The van der Waals surface area contributed by atoms with Gasteiger partial charge in [0.25, 0.3) is 0 Å². The fraction of sp³-hybridized carbons (Fsp3) is 0.773. The average molecular weight is 483 g/mol. The van der Waals surface area contributed by atoms with Crippen LogP contribution >= 0.6 is 11.3 Å². The molecule has 1 unspecified atom stereocenters. The van der Waals surface area contributed by atoms with Crippen LogP contribution in [-0.2, 0) is 19.4 Å². The van der Waals surface area contributed by atoms with E-state index in [1.54, 1.807) is 0 Å². The summed E-state index contributed by atoms with van der Waals surface area (Å²) in [4.78, 5) is 34.3. The maximum absolute atomic E-state index is 13.4. The van der Waals surface area contributed by atoms with Crippen molar-refractivity contribution in [2.75, 3.05) is 36.5 Å². The first-order chi connectivity index (χ1) is 15.3. The Morgan fingerprint density at radius 3 is 2.44 bits per heavy atom. The molecule has 2 amide bonds. The largest absolute Gasteiger partial charge is 0.335 e. The molecule has 0 bridgehead atoms. The number of sulfone groups is 1. The van der Waals surface area contributed by atoms with Gasteiger partial charge < -0.3 is 10.2 Å². The third-order valence-electron chi connectivity index (χ3n) is 7.02. The highest BCUT2D eigenvalue weighted by Gasteiger charge is 2.39. The molecule has 32 heavy (non-hydrogen) atoms. The number of anilines is 1. The van der Waals surface area contributed by atoms with Crippen LogP contribution in [0.4, 0.5) is 5.13 Å². The van der Waals surface area contributed by atoms with Crippen LogP contribution in [0.25, 0.3) is 0 Å². The molecule has 1 aliphatic carbocycles. The number of carbonyl (C=O) groups excluding carboxylic acids is 2.